The van der Waals surface area contributed by atoms with Crippen LogP contribution in [0.15, 0.2) is 42.5 Å². The molecule has 0 aliphatic heterocycles. The Balaban J connectivity index is 1.56. The molecule has 1 heterocycles. The van der Waals surface area contributed by atoms with Gasteiger partial charge >= 0.3 is 5.97 Å². The third-order valence-electron chi connectivity index (χ3n) is 3.76. The van der Waals surface area contributed by atoms with E-state index in [1.54, 1.807) is 25.1 Å². The lowest BCUT2D eigenvalue weighted by molar-refractivity contribution is -0.116. The van der Waals surface area contributed by atoms with Crippen LogP contribution in [0.3, 0.4) is 0 Å². The predicted molar refractivity (Wildman–Crippen MR) is 105 cm³/mol. The number of esters is 1. The summed E-state index contributed by atoms with van der Waals surface area (Å²) in [5.74, 6) is 0.193. The summed E-state index contributed by atoms with van der Waals surface area (Å²) in [6.07, 6.45) is 0.220. The Bertz CT molecular complexity index is 950. The average molecular weight is 384 g/mol. The van der Waals surface area contributed by atoms with E-state index in [1.807, 2.05) is 31.2 Å². The minimum Gasteiger partial charge on any atom is -0.493 e. The van der Waals surface area contributed by atoms with Gasteiger partial charge in [-0.1, -0.05) is 29.0 Å². The molecule has 1 N–H and O–H groups in total. The van der Waals surface area contributed by atoms with Gasteiger partial charge < -0.3 is 14.8 Å². The number of carbonyl (C=O) groups is 2. The third-order valence-corrected chi connectivity index (χ3v) is 4.70. The molecule has 0 fully saturated rings. The van der Waals surface area contributed by atoms with Crippen molar-refractivity contribution in [2.24, 2.45) is 0 Å². The van der Waals surface area contributed by atoms with Crippen LogP contribution in [0.4, 0.5) is 5.13 Å². The van der Waals surface area contributed by atoms with Crippen molar-refractivity contribution in [1.29, 1.82) is 0 Å². The lowest BCUT2D eigenvalue weighted by Gasteiger charge is -2.06. The first kappa shape index (κ1) is 18.8. The number of rotatable bonds is 7. The van der Waals surface area contributed by atoms with E-state index in [-0.39, 0.29) is 24.9 Å². The number of ether oxygens (including phenoxy) is 2. The van der Waals surface area contributed by atoms with Crippen LogP contribution in [0.25, 0.3) is 10.2 Å². The van der Waals surface area contributed by atoms with E-state index in [9.17, 15) is 9.59 Å². The number of anilines is 1. The van der Waals surface area contributed by atoms with Gasteiger partial charge in [0.2, 0.25) is 5.91 Å². The summed E-state index contributed by atoms with van der Waals surface area (Å²) in [5, 5.41) is 3.26. The number of hydrogen-bond acceptors (Lipinski definition) is 6. The number of aryl methyl sites for hydroxylation is 1. The van der Waals surface area contributed by atoms with Gasteiger partial charge in [-0.05, 0) is 44.2 Å². The van der Waals surface area contributed by atoms with Crippen LogP contribution in [-0.4, -0.2) is 30.1 Å². The van der Waals surface area contributed by atoms with Gasteiger partial charge in [-0.3, -0.25) is 4.79 Å². The average Bonchev–Trinajstić information content (AvgIpc) is 3.04. The Kier molecular flexibility index (Phi) is 6.03. The monoisotopic (exact) mass is 384 g/mol. The summed E-state index contributed by atoms with van der Waals surface area (Å²) in [6.45, 7) is 4.38. The molecule has 27 heavy (non-hydrogen) atoms. The number of nitrogens with one attached hydrogen (secondary N) is 1. The fourth-order valence-electron chi connectivity index (χ4n) is 2.40. The zero-order valence-corrected chi connectivity index (χ0v) is 16.0. The molecule has 0 atom stereocenters. The highest BCUT2D eigenvalue weighted by Crippen LogP contribution is 2.27. The van der Waals surface area contributed by atoms with Gasteiger partial charge in [0.25, 0.3) is 0 Å². The molecular formula is C20H20N2O4S. The van der Waals surface area contributed by atoms with Crippen molar-refractivity contribution in [3.8, 4) is 5.75 Å². The first-order valence-electron chi connectivity index (χ1n) is 8.62. The molecule has 0 unspecified atom stereocenters. The van der Waals surface area contributed by atoms with Gasteiger partial charge in [-0.2, -0.15) is 0 Å². The molecule has 6 nitrogen and oxygen atoms in total. The van der Waals surface area contributed by atoms with Crippen molar-refractivity contribution >= 4 is 38.6 Å². The van der Waals surface area contributed by atoms with Crippen molar-refractivity contribution in [3.63, 3.8) is 0 Å². The largest absolute Gasteiger partial charge is 0.493 e. The number of amides is 1. The Morgan fingerprint density at radius 2 is 1.93 bits per heavy atom. The van der Waals surface area contributed by atoms with E-state index < -0.39 is 0 Å². The molecule has 3 rings (SSSR count). The summed E-state index contributed by atoms with van der Waals surface area (Å²) in [4.78, 5) is 28.3. The van der Waals surface area contributed by atoms with Gasteiger partial charge in [0, 0.05) is 0 Å². The molecule has 0 aliphatic carbocycles. The molecular weight excluding hydrogens is 364 g/mol. The van der Waals surface area contributed by atoms with Crippen molar-refractivity contribution in [1.82, 2.24) is 4.98 Å². The summed E-state index contributed by atoms with van der Waals surface area (Å²) in [6, 6.07) is 12.8. The highest BCUT2D eigenvalue weighted by atomic mass is 32.1. The quantitative estimate of drug-likeness (QED) is 0.618. The highest BCUT2D eigenvalue weighted by Gasteiger charge is 2.12. The molecule has 140 valence electrons. The fourth-order valence-corrected chi connectivity index (χ4v) is 3.32. The van der Waals surface area contributed by atoms with Crippen LogP contribution < -0.4 is 10.1 Å². The molecule has 0 saturated heterocycles. The van der Waals surface area contributed by atoms with E-state index >= 15 is 0 Å². The Hall–Kier alpha value is -2.93. The minimum atomic E-state index is -0.369. The minimum absolute atomic E-state index is 0.174. The maximum absolute atomic E-state index is 12.1. The molecule has 2 aromatic carbocycles. The molecule has 0 aliphatic rings. The summed E-state index contributed by atoms with van der Waals surface area (Å²) >= 11 is 1.32. The Morgan fingerprint density at radius 1 is 1.15 bits per heavy atom. The van der Waals surface area contributed by atoms with Crippen LogP contribution in [0.5, 0.6) is 5.75 Å². The highest BCUT2D eigenvalue weighted by molar-refractivity contribution is 7.22. The first-order valence-corrected chi connectivity index (χ1v) is 9.44. The first-order chi connectivity index (χ1) is 13.0. The number of benzene rings is 2. The normalized spacial score (nSPS) is 10.6. The summed E-state index contributed by atoms with van der Waals surface area (Å²) in [7, 11) is 0. The number of nitrogens with zero attached hydrogens (tertiary/aromatic N) is 1. The van der Waals surface area contributed by atoms with Crippen LogP contribution in [0, 0.1) is 6.92 Å². The second-order valence-electron chi connectivity index (χ2n) is 5.88. The molecule has 1 amide bonds. The van der Waals surface area contributed by atoms with Crippen LogP contribution in [0.2, 0.25) is 0 Å². The predicted octanol–water partition coefficient (Wildman–Crippen LogP) is 4.19. The van der Waals surface area contributed by atoms with Crippen molar-refractivity contribution in [3.05, 3.63) is 53.6 Å². The molecule has 0 spiro atoms. The lowest BCUT2D eigenvalue weighted by atomic mass is 10.2. The molecule has 1 aromatic heterocycles. The van der Waals surface area contributed by atoms with Gasteiger partial charge in [-0.15, -0.1) is 0 Å². The van der Waals surface area contributed by atoms with Gasteiger partial charge in [0.15, 0.2) is 5.13 Å². The van der Waals surface area contributed by atoms with Crippen LogP contribution >= 0.6 is 11.3 Å². The van der Waals surface area contributed by atoms with Crippen molar-refractivity contribution in [2.75, 3.05) is 18.5 Å². The fraction of sp³-hybridized carbons (Fsp3) is 0.250. The lowest BCUT2D eigenvalue weighted by Crippen LogP contribution is -2.15. The Labute approximate surface area is 161 Å². The van der Waals surface area contributed by atoms with E-state index in [0.29, 0.717) is 17.3 Å². The van der Waals surface area contributed by atoms with Crippen LogP contribution in [0.1, 0.15) is 29.3 Å². The maximum Gasteiger partial charge on any atom is 0.338 e. The number of aromatic nitrogens is 1. The van der Waals surface area contributed by atoms with E-state index in [4.69, 9.17) is 9.47 Å². The molecule has 3 aromatic rings. The standard InChI is InChI=1S/C20H20N2O4S/c1-3-25-19(24)14-6-9-16-17(12-14)27-20(21-16)22-18(23)10-11-26-15-7-4-13(2)5-8-15/h4-9,12H,3,10-11H2,1-2H3,(H,21,22,23). The molecule has 7 heteroatoms. The van der Waals surface area contributed by atoms with Gasteiger partial charge in [-0.25, -0.2) is 9.78 Å². The van der Waals surface area contributed by atoms with Crippen molar-refractivity contribution < 1.29 is 19.1 Å². The zero-order chi connectivity index (χ0) is 19.2. The topological polar surface area (TPSA) is 77.5 Å². The second-order valence-corrected chi connectivity index (χ2v) is 6.91. The van der Waals surface area contributed by atoms with E-state index in [1.165, 1.54) is 11.3 Å². The number of fused-ring (bicyclic) bond motifs is 1. The molecule has 0 saturated carbocycles. The van der Waals surface area contributed by atoms with E-state index in [2.05, 4.69) is 10.3 Å². The number of carbonyl (C=O) groups excluding carboxylic acids is 2. The summed E-state index contributed by atoms with van der Waals surface area (Å²) in [5.41, 5.74) is 2.35. The Morgan fingerprint density at radius 3 is 2.67 bits per heavy atom. The van der Waals surface area contributed by atoms with Crippen molar-refractivity contribution in [2.45, 2.75) is 20.3 Å². The summed E-state index contributed by atoms with van der Waals surface area (Å²) < 4.78 is 11.4. The maximum atomic E-state index is 12.1. The number of hydrogen-bond donors (Lipinski definition) is 1. The SMILES string of the molecule is CCOC(=O)c1ccc2nc(NC(=O)CCOc3ccc(C)cc3)sc2c1. The number of thiazole rings is 1. The zero-order valence-electron chi connectivity index (χ0n) is 15.2. The van der Waals surface area contributed by atoms with Gasteiger partial charge in [0.1, 0.15) is 5.75 Å². The smallest absolute Gasteiger partial charge is 0.338 e. The third kappa shape index (κ3) is 5.04. The van der Waals surface area contributed by atoms with Gasteiger partial charge in [0.05, 0.1) is 35.4 Å². The molecule has 0 radical (unpaired) electrons. The van der Waals surface area contributed by atoms with E-state index in [0.717, 1.165) is 21.5 Å². The van der Waals surface area contributed by atoms with Crippen LogP contribution in [-0.2, 0) is 9.53 Å². The molecule has 0 bridgehead atoms. The second kappa shape index (κ2) is 8.64.